The lowest BCUT2D eigenvalue weighted by atomic mass is 9.89. The highest BCUT2D eigenvalue weighted by molar-refractivity contribution is 8.20. The minimum Gasteiger partial charge on any atom is -0.496 e. The molecular formula is C29H32F3N2O5S+. The molecule has 0 radical (unpaired) electrons. The summed E-state index contributed by atoms with van der Waals surface area (Å²) in [5.74, 6) is 0.382. The molecular weight excluding hydrogens is 545 g/mol. The summed E-state index contributed by atoms with van der Waals surface area (Å²) < 4.78 is 72.6. The van der Waals surface area contributed by atoms with Crippen LogP contribution < -0.4 is 23.9 Å². The van der Waals surface area contributed by atoms with Crippen molar-refractivity contribution in [2.45, 2.75) is 38.5 Å². The van der Waals surface area contributed by atoms with Gasteiger partial charge in [0.1, 0.15) is 23.0 Å². The van der Waals surface area contributed by atoms with E-state index in [0.29, 0.717) is 12.3 Å². The van der Waals surface area contributed by atoms with Crippen LogP contribution in [0.5, 0.6) is 17.2 Å². The number of ether oxygens (including phenoxy) is 2. The number of methoxy groups -OCH3 is 2. The van der Waals surface area contributed by atoms with Crippen LogP contribution in [0.15, 0.2) is 60.7 Å². The minimum atomic E-state index is -4.49. The zero-order valence-electron chi connectivity index (χ0n) is 22.6. The topological polar surface area (TPSA) is 86.1 Å². The average molecular weight is 578 g/mol. The van der Waals surface area contributed by atoms with Gasteiger partial charge in [-0.15, -0.1) is 0 Å². The molecule has 0 amide bonds. The van der Waals surface area contributed by atoms with Crippen molar-refractivity contribution in [3.05, 3.63) is 71.8 Å². The molecule has 11 heteroatoms. The summed E-state index contributed by atoms with van der Waals surface area (Å²) >= 11 is 0. The Labute approximate surface area is 232 Å². The Balaban J connectivity index is 1.54. The SMILES string of the molecule is COc1cc(OS(O)([OH2+])CCC(F)(F)F)ccc1-c1ccc2c3c1CN(c1ccccc1OC)C3=CC(C)(C)N2. The van der Waals surface area contributed by atoms with Crippen molar-refractivity contribution in [3.8, 4) is 28.4 Å². The number of alkyl halides is 3. The number of benzene rings is 3. The Kier molecular flexibility index (Phi) is 7.10. The number of para-hydroxylation sites is 2. The third-order valence-corrected chi connectivity index (χ3v) is 8.09. The van der Waals surface area contributed by atoms with Gasteiger partial charge in [0.05, 0.1) is 31.9 Å². The lowest BCUT2D eigenvalue weighted by molar-refractivity contribution is -0.130. The van der Waals surface area contributed by atoms with Crippen LogP contribution in [0, 0.1) is 0 Å². The molecule has 3 aromatic carbocycles. The molecule has 0 spiro atoms. The summed E-state index contributed by atoms with van der Waals surface area (Å²) in [5.41, 5.74) is 6.52. The summed E-state index contributed by atoms with van der Waals surface area (Å²) in [6.45, 7) is 4.79. The van der Waals surface area contributed by atoms with Gasteiger partial charge >= 0.3 is 6.18 Å². The van der Waals surface area contributed by atoms with Crippen LogP contribution in [0.1, 0.15) is 31.4 Å². The lowest BCUT2D eigenvalue weighted by Crippen LogP contribution is -2.33. The monoisotopic (exact) mass is 577 g/mol. The Morgan fingerprint density at radius 3 is 2.42 bits per heavy atom. The number of anilines is 2. The highest BCUT2D eigenvalue weighted by atomic mass is 32.3. The molecule has 2 aliphatic heterocycles. The van der Waals surface area contributed by atoms with Gasteiger partial charge in [0.25, 0.3) is 10.9 Å². The van der Waals surface area contributed by atoms with Crippen LogP contribution in [-0.2, 0) is 6.54 Å². The second-order valence-corrected chi connectivity index (χ2v) is 12.2. The van der Waals surface area contributed by atoms with Gasteiger partial charge in [-0.3, -0.25) is 4.55 Å². The van der Waals surface area contributed by atoms with Gasteiger partial charge in [0, 0.05) is 35.1 Å². The first-order valence-electron chi connectivity index (χ1n) is 12.6. The second kappa shape index (κ2) is 10.1. The molecule has 40 heavy (non-hydrogen) atoms. The van der Waals surface area contributed by atoms with Gasteiger partial charge in [0.2, 0.25) is 0 Å². The first kappa shape index (κ1) is 28.0. The Morgan fingerprint density at radius 1 is 1.02 bits per heavy atom. The molecule has 4 N–H and O–H groups in total. The number of hydrogen-bond donors (Lipinski definition) is 2. The number of halogens is 3. The van der Waals surface area contributed by atoms with E-state index in [9.17, 15) is 17.7 Å². The summed E-state index contributed by atoms with van der Waals surface area (Å²) in [5, 5.41) is 3.60. The van der Waals surface area contributed by atoms with Crippen LogP contribution in [0.4, 0.5) is 24.5 Å². The second-order valence-electron chi connectivity index (χ2n) is 10.3. The third kappa shape index (κ3) is 5.54. The zero-order valence-corrected chi connectivity index (χ0v) is 23.4. The van der Waals surface area contributed by atoms with Gasteiger partial charge in [-0.2, -0.15) is 13.2 Å². The van der Waals surface area contributed by atoms with E-state index in [4.69, 9.17) is 18.2 Å². The minimum absolute atomic E-state index is 0.0595. The predicted molar refractivity (Wildman–Crippen MR) is 153 cm³/mol. The molecule has 0 bridgehead atoms. The van der Waals surface area contributed by atoms with E-state index in [1.807, 2.05) is 36.4 Å². The summed E-state index contributed by atoms with van der Waals surface area (Å²) in [6.07, 6.45) is -3.59. The van der Waals surface area contributed by atoms with Crippen molar-refractivity contribution in [1.82, 2.24) is 0 Å². The third-order valence-electron chi connectivity index (χ3n) is 6.87. The first-order valence-corrected chi connectivity index (χ1v) is 14.3. The van der Waals surface area contributed by atoms with E-state index in [0.717, 1.165) is 45.1 Å². The van der Waals surface area contributed by atoms with Gasteiger partial charge in [0.15, 0.2) is 0 Å². The first-order chi connectivity index (χ1) is 18.8. The van der Waals surface area contributed by atoms with Crippen LogP contribution >= 0.6 is 10.9 Å². The van der Waals surface area contributed by atoms with Crippen LogP contribution in [0.3, 0.4) is 0 Å². The van der Waals surface area contributed by atoms with Crippen molar-refractivity contribution in [2.75, 3.05) is 30.2 Å². The van der Waals surface area contributed by atoms with Crippen molar-refractivity contribution >= 4 is 27.9 Å². The van der Waals surface area contributed by atoms with E-state index in [1.54, 1.807) is 13.2 Å². The van der Waals surface area contributed by atoms with E-state index in [-0.39, 0.29) is 11.3 Å². The number of hydrogen-bond acceptors (Lipinski definition) is 6. The standard InChI is InChI=1S/C29H31F3N2O5S/c1-28(2)16-24-27-21(17-34(24)23-7-5-6-8-25(23)37-3)19(11-12-22(27)33-28)20-10-9-18(15-26(20)38-4)39-40(35,36)14-13-29(30,31)32/h5-12,15-16,33,35-36H,13-14,17H2,1-4H3/p+1. The highest BCUT2D eigenvalue weighted by Gasteiger charge is 2.38. The van der Waals surface area contributed by atoms with Crippen LogP contribution in [-0.4, -0.2) is 40.8 Å². The Morgan fingerprint density at radius 2 is 1.73 bits per heavy atom. The fourth-order valence-electron chi connectivity index (χ4n) is 5.18. The number of nitrogens with zero attached hydrogens (tertiary/aromatic N) is 1. The van der Waals surface area contributed by atoms with Crippen molar-refractivity contribution in [1.29, 1.82) is 0 Å². The molecule has 1 unspecified atom stereocenters. The molecule has 5 rings (SSSR count). The fraction of sp³-hybridized carbons (Fsp3) is 0.310. The van der Waals surface area contributed by atoms with Crippen molar-refractivity contribution in [2.24, 2.45) is 0 Å². The zero-order chi connectivity index (χ0) is 28.9. The highest BCUT2D eigenvalue weighted by Crippen LogP contribution is 2.51. The van der Waals surface area contributed by atoms with E-state index in [2.05, 4.69) is 30.1 Å². The largest absolute Gasteiger partial charge is 0.496 e. The molecule has 214 valence electrons. The molecule has 2 heterocycles. The van der Waals surface area contributed by atoms with Crippen LogP contribution in [0.25, 0.3) is 16.8 Å². The summed E-state index contributed by atoms with van der Waals surface area (Å²) in [4.78, 5) is 2.23. The Bertz CT molecular complexity index is 1470. The number of rotatable bonds is 8. The quantitative estimate of drug-likeness (QED) is 0.278. The number of nitrogens with one attached hydrogen (secondary N) is 1. The lowest BCUT2D eigenvalue weighted by Gasteiger charge is -2.33. The molecule has 7 nitrogen and oxygen atoms in total. The van der Waals surface area contributed by atoms with Crippen molar-refractivity contribution < 1.29 is 35.9 Å². The average Bonchev–Trinajstić information content (AvgIpc) is 3.26. The van der Waals surface area contributed by atoms with E-state index in [1.165, 1.54) is 19.2 Å². The maximum Gasteiger partial charge on any atom is 0.390 e. The van der Waals surface area contributed by atoms with Crippen molar-refractivity contribution in [3.63, 3.8) is 0 Å². The maximum absolute atomic E-state index is 12.6. The molecule has 0 aromatic heterocycles. The molecule has 3 aromatic rings. The van der Waals surface area contributed by atoms with Gasteiger partial charge in [-0.1, -0.05) is 18.2 Å². The molecule has 2 aliphatic rings. The molecule has 1 atom stereocenters. The van der Waals surface area contributed by atoms with Gasteiger partial charge in [-0.25, -0.2) is 0 Å². The maximum atomic E-state index is 12.6. The molecule has 0 saturated heterocycles. The van der Waals surface area contributed by atoms with Gasteiger partial charge < -0.3 is 28.4 Å². The van der Waals surface area contributed by atoms with Crippen LogP contribution in [0.2, 0.25) is 0 Å². The van der Waals surface area contributed by atoms with E-state index >= 15 is 0 Å². The smallest absolute Gasteiger partial charge is 0.390 e. The molecule has 0 fully saturated rings. The molecule has 0 saturated carbocycles. The van der Waals surface area contributed by atoms with Gasteiger partial charge in [-0.05, 0) is 61.4 Å². The fourth-order valence-corrected chi connectivity index (χ4v) is 6.20. The normalized spacial score (nSPS) is 17.7. The van der Waals surface area contributed by atoms with E-state index < -0.39 is 29.2 Å². The predicted octanol–water partition coefficient (Wildman–Crippen LogP) is 7.10. The summed E-state index contributed by atoms with van der Waals surface area (Å²) in [7, 11) is -0.568. The molecule has 0 aliphatic carbocycles. The Hall–Kier alpha value is -3.54. The summed E-state index contributed by atoms with van der Waals surface area (Å²) in [6, 6.07) is 16.7.